The lowest BCUT2D eigenvalue weighted by molar-refractivity contribution is -0.138. The first kappa shape index (κ1) is 64.1. The van der Waals surface area contributed by atoms with Crippen molar-refractivity contribution in [3.63, 3.8) is 0 Å². The molecule has 16 nitrogen and oxygen atoms in total. The van der Waals surface area contributed by atoms with Gasteiger partial charge in [0, 0.05) is 55.6 Å². The number of fused-ring (bicyclic) bond motifs is 14. The van der Waals surface area contributed by atoms with E-state index in [2.05, 4.69) is 34.9 Å². The van der Waals surface area contributed by atoms with E-state index in [9.17, 15) is 26.3 Å². The molecule has 0 radical (unpaired) electrons. The van der Waals surface area contributed by atoms with E-state index >= 15 is 0 Å². The van der Waals surface area contributed by atoms with Crippen LogP contribution < -0.4 is 28.7 Å². The zero-order valence-corrected chi connectivity index (χ0v) is 58.0. The van der Waals surface area contributed by atoms with Crippen LogP contribution in [0.1, 0.15) is 11.1 Å². The van der Waals surface area contributed by atoms with Gasteiger partial charge in [-0.1, -0.05) is 164 Å². The molecule has 0 atom stereocenters. The molecule has 0 bridgehead atoms. The molecule has 534 valence electrons. The Labute approximate surface area is 630 Å². The number of aromatic nitrogens is 10. The number of rotatable bonds is 9. The maximum Gasteiger partial charge on any atom is 0.416 e. The maximum atomic E-state index is 14.3. The van der Waals surface area contributed by atoms with Gasteiger partial charge in [-0.25, -0.2) is 19.9 Å². The summed E-state index contributed by atoms with van der Waals surface area (Å²) in [5.41, 5.74) is 10.3. The predicted molar refractivity (Wildman–Crippen MR) is 415 cm³/mol. The van der Waals surface area contributed by atoms with Gasteiger partial charge < -0.3 is 18.9 Å². The van der Waals surface area contributed by atoms with Crippen LogP contribution in [0.2, 0.25) is 0 Å². The van der Waals surface area contributed by atoms with Crippen LogP contribution in [0.5, 0.6) is 46.0 Å². The number of para-hydroxylation sites is 2. The van der Waals surface area contributed by atoms with Crippen LogP contribution in [-0.2, 0) is 12.4 Å². The van der Waals surface area contributed by atoms with Crippen molar-refractivity contribution < 1.29 is 45.3 Å². The Kier molecular flexibility index (Phi) is 13.9. The quantitative estimate of drug-likeness (QED) is 0.126. The zero-order valence-electron chi connectivity index (χ0n) is 58.0. The lowest BCUT2D eigenvalue weighted by Gasteiger charge is -2.38. The number of pyridine rings is 2. The van der Waals surface area contributed by atoms with Crippen molar-refractivity contribution in [3.05, 3.63) is 302 Å². The minimum absolute atomic E-state index is 0.130. The van der Waals surface area contributed by atoms with Gasteiger partial charge >= 0.3 is 12.4 Å². The Hall–Kier alpha value is -15.1. The number of benzene rings is 12. The lowest BCUT2D eigenvalue weighted by atomic mass is 9.99. The van der Waals surface area contributed by atoms with E-state index in [0.717, 1.165) is 101 Å². The number of anilines is 6. The first-order chi connectivity index (χ1) is 54.7. The van der Waals surface area contributed by atoms with Gasteiger partial charge in [-0.3, -0.25) is 18.9 Å². The standard InChI is InChI=1S/C90H48F6N12O4/c91-89(92,93)58-32-37-69-73(47-58)111-75-43-56(44-76-79(75)105(69)70-38-33-59(90(94,95)96)48-74(70)112-76)54-30-35-68-62(41-54)61-22-11-13-24-66(61)107(68)88-103-83(52-19-8-3-9-20-52)100-84(104-88)53-28-26-49(27-29-53)64-34-39-72-86(98-64)108-80-77(109-71-25-14-40-97-85(71)108)45-57(46-78(80)110-72)55-31-36-67-63(42-55)60-21-10-12-23-65(60)106(67)87-101-81(50-15-4-1-5-16-50)99-82(102-87)51-17-6-2-7-18-51/h1-48H. The molecule has 18 aromatic rings. The van der Waals surface area contributed by atoms with Crippen LogP contribution in [0.4, 0.5) is 60.7 Å². The molecular formula is C90H48F6N12O4. The second-order valence-corrected chi connectivity index (χ2v) is 27.3. The van der Waals surface area contributed by atoms with E-state index in [1.807, 2.05) is 216 Å². The van der Waals surface area contributed by atoms with Crippen LogP contribution in [0.3, 0.4) is 0 Å². The van der Waals surface area contributed by atoms with Gasteiger partial charge in [-0.05, 0) is 144 Å². The number of hydrogen-bond acceptors (Lipinski definition) is 14. The van der Waals surface area contributed by atoms with Gasteiger partial charge in [0.2, 0.25) is 11.9 Å². The summed E-state index contributed by atoms with van der Waals surface area (Å²) in [6.45, 7) is 0. The summed E-state index contributed by atoms with van der Waals surface area (Å²) in [7, 11) is 0. The summed E-state index contributed by atoms with van der Waals surface area (Å²) in [5.74, 6) is 5.90. The van der Waals surface area contributed by atoms with Crippen LogP contribution in [-0.4, -0.2) is 49.0 Å². The maximum absolute atomic E-state index is 14.3. The molecule has 4 aliphatic rings. The third kappa shape index (κ3) is 10.3. The Bertz CT molecular complexity index is 6860. The average Bonchev–Trinajstić information content (AvgIpc) is 0.765. The number of hydrogen-bond donors (Lipinski definition) is 0. The van der Waals surface area contributed by atoms with Gasteiger partial charge in [-0.2, -0.15) is 46.3 Å². The largest absolute Gasteiger partial charge is 0.453 e. The normalized spacial score (nSPS) is 13.0. The fourth-order valence-corrected chi connectivity index (χ4v) is 15.5. The molecule has 0 aliphatic carbocycles. The van der Waals surface area contributed by atoms with Gasteiger partial charge in [0.25, 0.3) is 0 Å². The van der Waals surface area contributed by atoms with E-state index in [0.29, 0.717) is 104 Å². The Balaban J connectivity index is 0.603. The number of alkyl halides is 6. The molecule has 22 rings (SSSR count). The van der Waals surface area contributed by atoms with Gasteiger partial charge in [0.1, 0.15) is 11.4 Å². The second-order valence-electron chi connectivity index (χ2n) is 27.3. The van der Waals surface area contributed by atoms with E-state index in [1.165, 1.54) is 12.1 Å². The zero-order chi connectivity index (χ0) is 74.8. The van der Waals surface area contributed by atoms with E-state index in [-0.39, 0.29) is 34.4 Å². The van der Waals surface area contributed by atoms with E-state index in [4.69, 9.17) is 58.8 Å². The molecule has 10 heterocycles. The summed E-state index contributed by atoms with van der Waals surface area (Å²) in [4.78, 5) is 44.5. The first-order valence-corrected chi connectivity index (χ1v) is 35.6. The molecule has 22 heteroatoms. The van der Waals surface area contributed by atoms with Crippen molar-refractivity contribution in [3.8, 4) is 137 Å². The van der Waals surface area contributed by atoms with Crippen molar-refractivity contribution in [2.24, 2.45) is 0 Å². The SMILES string of the molecule is FC(F)(F)c1ccc2c(c1)Oc1cc(-c3ccc4c(c3)c3ccccc3n4-c3nc(-c4ccccc4)nc(-c4ccc(-c5ccc6c(n5)N5c7ncccc7Oc7cc(-c8ccc9c(c8)c8ccccc8n9-c8nc(-c9ccccc9)nc(-c9ccccc9)n8)cc(c75)O6)cc4)n3)cc3c1N2c1ccc(C(F)(F)F)cc1O3. The summed E-state index contributed by atoms with van der Waals surface area (Å²) in [6, 6.07) is 86.6. The highest BCUT2D eigenvalue weighted by Gasteiger charge is 2.42. The monoisotopic (exact) mass is 1470 g/mol. The summed E-state index contributed by atoms with van der Waals surface area (Å²) >= 11 is 0. The highest BCUT2D eigenvalue weighted by Crippen LogP contribution is 2.63. The van der Waals surface area contributed by atoms with Crippen molar-refractivity contribution in [1.82, 2.24) is 49.0 Å². The van der Waals surface area contributed by atoms with Crippen molar-refractivity contribution in [1.29, 1.82) is 0 Å². The number of halogens is 6. The molecule has 0 amide bonds. The van der Waals surface area contributed by atoms with E-state index < -0.39 is 23.5 Å². The summed E-state index contributed by atoms with van der Waals surface area (Å²) < 4.78 is 116. The van der Waals surface area contributed by atoms with Crippen LogP contribution in [0, 0.1) is 0 Å². The average molecular weight is 1480 g/mol. The van der Waals surface area contributed by atoms with Crippen LogP contribution in [0.15, 0.2) is 291 Å². The Morgan fingerprint density at radius 2 is 0.652 bits per heavy atom. The summed E-state index contributed by atoms with van der Waals surface area (Å²) in [6.07, 6.45) is -7.70. The first-order valence-electron chi connectivity index (χ1n) is 35.6. The molecule has 6 aromatic heterocycles. The second kappa shape index (κ2) is 24.2. The molecule has 4 aliphatic heterocycles. The molecule has 0 saturated carbocycles. The van der Waals surface area contributed by atoms with Gasteiger partial charge in [0.15, 0.2) is 80.9 Å². The number of ether oxygens (including phenoxy) is 4. The highest BCUT2D eigenvalue weighted by molar-refractivity contribution is 6.12. The summed E-state index contributed by atoms with van der Waals surface area (Å²) in [5, 5.41) is 3.62. The highest BCUT2D eigenvalue weighted by atomic mass is 19.4. The molecule has 0 N–H and O–H groups in total. The number of nitrogens with zero attached hydrogens (tertiary/aromatic N) is 12. The Morgan fingerprint density at radius 3 is 1.12 bits per heavy atom. The third-order valence-corrected chi connectivity index (χ3v) is 20.7. The minimum Gasteiger partial charge on any atom is -0.453 e. The topological polar surface area (TPSA) is 156 Å². The minimum atomic E-state index is -4.71. The molecule has 0 spiro atoms. The fraction of sp³-hybridized carbons (Fsp3) is 0.0222. The van der Waals surface area contributed by atoms with E-state index in [1.54, 1.807) is 23.2 Å². The lowest BCUT2D eigenvalue weighted by Crippen LogP contribution is -2.22. The van der Waals surface area contributed by atoms with Crippen molar-refractivity contribution in [2.75, 3.05) is 9.80 Å². The Morgan fingerprint density at radius 1 is 0.259 bits per heavy atom. The van der Waals surface area contributed by atoms with Crippen LogP contribution >= 0.6 is 0 Å². The fourth-order valence-electron chi connectivity index (χ4n) is 15.5. The molecule has 0 fully saturated rings. The molecule has 0 saturated heterocycles. The van der Waals surface area contributed by atoms with Crippen molar-refractivity contribution >= 4 is 78.0 Å². The van der Waals surface area contributed by atoms with Gasteiger partial charge in [0.05, 0.1) is 50.3 Å². The third-order valence-electron chi connectivity index (χ3n) is 20.7. The van der Waals surface area contributed by atoms with Gasteiger partial charge in [-0.15, -0.1) is 0 Å². The van der Waals surface area contributed by atoms with Crippen molar-refractivity contribution in [2.45, 2.75) is 12.4 Å². The smallest absolute Gasteiger partial charge is 0.416 e. The van der Waals surface area contributed by atoms with Crippen LogP contribution in [0.25, 0.3) is 135 Å². The molecule has 12 aromatic carbocycles. The predicted octanol–water partition coefficient (Wildman–Crippen LogP) is 24.1. The molecule has 0 unspecified atom stereocenters. The molecular weight excluding hydrogens is 1430 g/mol. The molecule has 112 heavy (non-hydrogen) atoms.